The Morgan fingerprint density at radius 3 is 2.31 bits per heavy atom. The van der Waals surface area contributed by atoms with Crippen molar-refractivity contribution < 1.29 is 9.90 Å². The molecule has 0 amide bonds. The van der Waals surface area contributed by atoms with Gasteiger partial charge >= 0.3 is 11.7 Å². The van der Waals surface area contributed by atoms with Crippen molar-refractivity contribution in [1.82, 2.24) is 14.8 Å². The predicted octanol–water partition coefficient (Wildman–Crippen LogP) is 3.44. The Labute approximate surface area is 193 Å². The summed E-state index contributed by atoms with van der Waals surface area (Å²) in [6.07, 6.45) is 4.52. The third-order valence-corrected chi connectivity index (χ3v) is 6.56. The molecule has 1 heterocycles. The molecule has 0 saturated carbocycles. The first-order valence-corrected chi connectivity index (χ1v) is 11.9. The SMILES string of the molecule is CCCC(CCC)N(CCc1ccc(SC(C)(C)C(=O)O)cc1)c1nn(C)c(=O)[nH]c1=O. The van der Waals surface area contributed by atoms with Gasteiger partial charge in [-0.15, -0.1) is 16.9 Å². The molecule has 1 aromatic carbocycles. The molecule has 2 aromatic rings. The van der Waals surface area contributed by atoms with Crippen LogP contribution < -0.4 is 16.1 Å². The molecule has 9 heteroatoms. The summed E-state index contributed by atoms with van der Waals surface area (Å²) < 4.78 is 0.261. The molecule has 0 atom stereocenters. The molecule has 2 N–H and O–H groups in total. The van der Waals surface area contributed by atoms with Crippen molar-refractivity contribution in [1.29, 1.82) is 0 Å². The number of carboxylic acids is 1. The average molecular weight is 463 g/mol. The van der Waals surface area contributed by atoms with E-state index in [-0.39, 0.29) is 11.9 Å². The molecular weight excluding hydrogens is 428 g/mol. The van der Waals surface area contributed by atoms with E-state index in [1.54, 1.807) is 13.8 Å². The molecule has 0 bridgehead atoms. The standard InChI is InChI=1S/C23H34N4O4S/c1-6-8-17(9-7-2)27(19-20(28)24-22(31)26(5)25-19)15-14-16-10-12-18(13-11-16)32-23(3,4)21(29)30/h10-13,17H,6-9,14-15H2,1-5H3,(H,29,30)(H,24,28,31). The van der Waals surface area contributed by atoms with Crippen LogP contribution >= 0.6 is 11.8 Å². The third kappa shape index (κ3) is 6.72. The van der Waals surface area contributed by atoms with Crippen LogP contribution in [0.25, 0.3) is 0 Å². The van der Waals surface area contributed by atoms with Gasteiger partial charge in [0.25, 0.3) is 5.56 Å². The molecule has 8 nitrogen and oxygen atoms in total. The van der Waals surface area contributed by atoms with E-state index in [4.69, 9.17) is 0 Å². The Morgan fingerprint density at radius 2 is 1.78 bits per heavy atom. The number of thioether (sulfide) groups is 1. The number of hydrogen-bond acceptors (Lipinski definition) is 6. The Balaban J connectivity index is 2.25. The molecule has 0 unspecified atom stereocenters. The van der Waals surface area contributed by atoms with E-state index in [2.05, 4.69) is 23.9 Å². The number of carbonyl (C=O) groups is 1. The predicted molar refractivity (Wildman–Crippen MR) is 129 cm³/mol. The van der Waals surface area contributed by atoms with E-state index in [1.807, 2.05) is 29.2 Å². The Hall–Kier alpha value is -2.55. The smallest absolute Gasteiger partial charge is 0.344 e. The van der Waals surface area contributed by atoms with Gasteiger partial charge in [0.2, 0.25) is 5.82 Å². The maximum Gasteiger partial charge on any atom is 0.344 e. The van der Waals surface area contributed by atoms with Crippen LogP contribution in [-0.2, 0) is 18.3 Å². The zero-order valence-corrected chi connectivity index (χ0v) is 20.4. The van der Waals surface area contributed by atoms with Gasteiger partial charge in [0.15, 0.2) is 0 Å². The molecule has 0 aliphatic rings. The van der Waals surface area contributed by atoms with E-state index in [9.17, 15) is 19.5 Å². The van der Waals surface area contributed by atoms with Gasteiger partial charge in [0.1, 0.15) is 4.75 Å². The highest BCUT2D eigenvalue weighted by atomic mass is 32.2. The summed E-state index contributed by atoms with van der Waals surface area (Å²) in [4.78, 5) is 41.0. The molecule has 1 aromatic heterocycles. The topological polar surface area (TPSA) is 108 Å². The fraction of sp³-hybridized carbons (Fsp3) is 0.565. The van der Waals surface area contributed by atoms with E-state index in [0.29, 0.717) is 13.0 Å². The second-order valence-corrected chi connectivity index (χ2v) is 10.1. The summed E-state index contributed by atoms with van der Waals surface area (Å²) in [6.45, 7) is 8.20. The lowest BCUT2D eigenvalue weighted by Crippen LogP contribution is -2.44. The van der Waals surface area contributed by atoms with Crippen LogP contribution in [0.5, 0.6) is 0 Å². The van der Waals surface area contributed by atoms with Gasteiger partial charge in [-0.3, -0.25) is 14.6 Å². The lowest BCUT2D eigenvalue weighted by molar-refractivity contribution is -0.138. The van der Waals surface area contributed by atoms with Crippen molar-refractivity contribution in [3.05, 3.63) is 50.7 Å². The first-order chi connectivity index (χ1) is 15.1. The molecule has 0 saturated heterocycles. The maximum absolute atomic E-state index is 12.6. The van der Waals surface area contributed by atoms with Crippen molar-refractivity contribution in [3.63, 3.8) is 0 Å². The number of nitrogens with one attached hydrogen (secondary N) is 1. The first-order valence-electron chi connectivity index (χ1n) is 11.0. The number of benzene rings is 1. The molecule has 176 valence electrons. The van der Waals surface area contributed by atoms with Crippen LogP contribution in [0.2, 0.25) is 0 Å². The molecule has 0 aliphatic carbocycles. The largest absolute Gasteiger partial charge is 0.480 e. The molecule has 0 aliphatic heterocycles. The number of aryl methyl sites for hydroxylation is 1. The molecular formula is C23H34N4O4S. The van der Waals surface area contributed by atoms with Gasteiger partial charge in [0.05, 0.1) is 0 Å². The number of aromatic nitrogens is 3. The van der Waals surface area contributed by atoms with Gasteiger partial charge in [-0.25, -0.2) is 9.48 Å². The molecule has 0 radical (unpaired) electrons. The molecule has 2 rings (SSSR count). The van der Waals surface area contributed by atoms with Crippen LogP contribution in [0.4, 0.5) is 5.82 Å². The number of carboxylic acid groups (broad SMARTS) is 1. The van der Waals surface area contributed by atoms with Gasteiger partial charge < -0.3 is 10.0 Å². The van der Waals surface area contributed by atoms with E-state index < -0.39 is 22.0 Å². The average Bonchev–Trinajstić information content (AvgIpc) is 2.72. The van der Waals surface area contributed by atoms with Crippen LogP contribution in [-0.4, -0.2) is 43.2 Å². The van der Waals surface area contributed by atoms with Crippen molar-refractivity contribution >= 4 is 23.5 Å². The summed E-state index contributed by atoms with van der Waals surface area (Å²) >= 11 is 1.31. The summed E-state index contributed by atoms with van der Waals surface area (Å²) in [6, 6.07) is 8.00. The lowest BCUT2D eigenvalue weighted by Gasteiger charge is -2.32. The number of aliphatic carboxylic acids is 1. The summed E-state index contributed by atoms with van der Waals surface area (Å²) in [5.41, 5.74) is 0.0899. The number of hydrogen-bond donors (Lipinski definition) is 2. The summed E-state index contributed by atoms with van der Waals surface area (Å²) in [7, 11) is 1.53. The van der Waals surface area contributed by atoms with E-state index >= 15 is 0 Å². The van der Waals surface area contributed by atoms with Crippen LogP contribution in [0, 0.1) is 0 Å². The number of rotatable bonds is 12. The highest BCUT2D eigenvalue weighted by Crippen LogP contribution is 2.32. The highest BCUT2D eigenvalue weighted by Gasteiger charge is 2.28. The number of nitrogens with zero attached hydrogens (tertiary/aromatic N) is 3. The van der Waals surface area contributed by atoms with Gasteiger partial charge in [-0.1, -0.05) is 38.8 Å². The minimum absolute atomic E-state index is 0.155. The summed E-state index contributed by atoms with van der Waals surface area (Å²) in [5, 5.41) is 13.6. The van der Waals surface area contributed by atoms with Crippen LogP contribution in [0.15, 0.2) is 38.8 Å². The van der Waals surface area contributed by atoms with E-state index in [1.165, 1.54) is 18.8 Å². The fourth-order valence-corrected chi connectivity index (χ4v) is 4.50. The second kappa shape index (κ2) is 11.4. The van der Waals surface area contributed by atoms with Gasteiger partial charge in [0, 0.05) is 24.5 Å². The molecule has 32 heavy (non-hydrogen) atoms. The number of H-pyrrole nitrogens is 1. The zero-order valence-electron chi connectivity index (χ0n) is 19.6. The molecule has 0 spiro atoms. The minimum Gasteiger partial charge on any atom is -0.480 e. The monoisotopic (exact) mass is 462 g/mol. The summed E-state index contributed by atoms with van der Waals surface area (Å²) in [5.74, 6) is -0.579. The zero-order chi connectivity index (χ0) is 23.9. The van der Waals surface area contributed by atoms with Crippen molar-refractivity contribution in [2.75, 3.05) is 11.4 Å². The van der Waals surface area contributed by atoms with Gasteiger partial charge in [-0.2, -0.15) is 0 Å². The van der Waals surface area contributed by atoms with E-state index in [0.717, 1.165) is 40.8 Å². The van der Waals surface area contributed by atoms with Crippen LogP contribution in [0.3, 0.4) is 0 Å². The van der Waals surface area contributed by atoms with Crippen molar-refractivity contribution in [2.45, 2.75) is 75.5 Å². The van der Waals surface area contributed by atoms with Crippen molar-refractivity contribution in [3.8, 4) is 0 Å². The van der Waals surface area contributed by atoms with Crippen molar-refractivity contribution in [2.24, 2.45) is 7.05 Å². The second-order valence-electron chi connectivity index (χ2n) is 8.44. The maximum atomic E-state index is 12.6. The normalized spacial score (nSPS) is 11.7. The fourth-order valence-electron chi connectivity index (χ4n) is 3.55. The highest BCUT2D eigenvalue weighted by molar-refractivity contribution is 8.01. The molecule has 0 fully saturated rings. The Morgan fingerprint density at radius 1 is 1.19 bits per heavy atom. The Bertz CT molecular complexity index is 1010. The van der Waals surface area contributed by atoms with Crippen LogP contribution in [0.1, 0.15) is 58.9 Å². The van der Waals surface area contributed by atoms with Gasteiger partial charge in [-0.05, 0) is 50.8 Å². The number of aromatic amines is 1. The first kappa shape index (κ1) is 25.7. The third-order valence-electron chi connectivity index (χ3n) is 5.37. The lowest BCUT2D eigenvalue weighted by atomic mass is 10.0. The quantitative estimate of drug-likeness (QED) is 0.465. The number of anilines is 1. The Kier molecular flexibility index (Phi) is 9.12. The minimum atomic E-state index is -0.901.